The minimum Gasteiger partial charge on any atom is -0.198 e. The van der Waals surface area contributed by atoms with Gasteiger partial charge in [-0.25, -0.2) is 0 Å². The summed E-state index contributed by atoms with van der Waals surface area (Å²) in [5.74, 6) is 0. The van der Waals surface area contributed by atoms with Crippen molar-refractivity contribution < 1.29 is 4.57 Å². The van der Waals surface area contributed by atoms with Crippen molar-refractivity contribution in [2.24, 2.45) is 0 Å². The summed E-state index contributed by atoms with van der Waals surface area (Å²) in [4.78, 5) is 0. The lowest BCUT2D eigenvalue weighted by Gasteiger charge is -2.04. The Morgan fingerprint density at radius 3 is 2.44 bits per heavy atom. The van der Waals surface area contributed by atoms with Crippen molar-refractivity contribution in [3.8, 4) is 0 Å². The number of hydrogen-bond donors (Lipinski definition) is 0. The first kappa shape index (κ1) is 12.8. The number of hydrogen-bond acceptors (Lipinski definition) is 0. The number of rotatable bonds is 6. The average molecular weight is 240 g/mol. The van der Waals surface area contributed by atoms with Crippen LogP contribution in [0.5, 0.6) is 0 Å². The summed E-state index contributed by atoms with van der Waals surface area (Å²) in [6.45, 7) is 3.23. The predicted octanol–water partition coefficient (Wildman–Crippen LogP) is 3.76. The first-order chi connectivity index (χ1) is 8.90. The molecule has 0 fully saturated rings. The van der Waals surface area contributed by atoms with Gasteiger partial charge in [0.2, 0.25) is 0 Å². The molecule has 94 valence electrons. The highest BCUT2D eigenvalue weighted by molar-refractivity contribution is 5.13. The molecule has 0 aliphatic carbocycles. The number of aryl methyl sites for hydroxylation is 1. The van der Waals surface area contributed by atoms with Crippen LogP contribution in [0.1, 0.15) is 37.4 Å². The molecule has 0 radical (unpaired) electrons. The molecule has 2 aromatic rings. The van der Waals surface area contributed by atoms with E-state index in [0.29, 0.717) is 0 Å². The molecule has 0 spiro atoms. The quantitative estimate of drug-likeness (QED) is 0.535. The number of nitrogens with zero attached hydrogens (tertiary/aromatic N) is 1. The van der Waals surface area contributed by atoms with E-state index in [1.54, 1.807) is 0 Å². The molecule has 2 rings (SSSR count). The summed E-state index contributed by atoms with van der Waals surface area (Å²) in [6.07, 6.45) is 7.26. The molecule has 1 aromatic carbocycles. The molecule has 18 heavy (non-hydrogen) atoms. The Morgan fingerprint density at radius 1 is 0.889 bits per heavy atom. The molecule has 1 nitrogen and oxygen atoms in total. The molecule has 0 atom stereocenters. The smallest absolute Gasteiger partial charge is 0.181 e. The zero-order chi connectivity index (χ0) is 12.6. The van der Waals surface area contributed by atoms with Crippen LogP contribution in [0, 0.1) is 0 Å². The van der Waals surface area contributed by atoms with E-state index < -0.39 is 0 Å². The molecule has 0 aliphatic heterocycles. The van der Waals surface area contributed by atoms with Gasteiger partial charge in [-0.1, -0.05) is 56.2 Å². The third-order valence-electron chi connectivity index (χ3n) is 3.27. The minimum absolute atomic E-state index is 0.975. The molecule has 0 aliphatic rings. The van der Waals surface area contributed by atoms with Gasteiger partial charge in [-0.15, -0.1) is 0 Å². The Kier molecular flexibility index (Phi) is 4.95. The van der Waals surface area contributed by atoms with E-state index in [4.69, 9.17) is 0 Å². The van der Waals surface area contributed by atoms with Crippen LogP contribution in [0.25, 0.3) is 0 Å². The van der Waals surface area contributed by atoms with Crippen molar-refractivity contribution in [2.75, 3.05) is 0 Å². The van der Waals surface area contributed by atoms with Crippen molar-refractivity contribution in [2.45, 2.75) is 39.2 Å². The molecule has 0 saturated carbocycles. The molecule has 0 amide bonds. The van der Waals surface area contributed by atoms with Crippen LogP contribution in [0.3, 0.4) is 0 Å². The summed E-state index contributed by atoms with van der Waals surface area (Å²) >= 11 is 0. The van der Waals surface area contributed by atoms with Crippen LogP contribution >= 0.6 is 0 Å². The molecule has 0 saturated heterocycles. The highest BCUT2D eigenvalue weighted by Crippen LogP contribution is 2.04. The summed E-state index contributed by atoms with van der Waals surface area (Å²) < 4.78 is 2.37. The number of aromatic nitrogens is 1. The summed E-state index contributed by atoms with van der Waals surface area (Å²) in [5, 5.41) is 0. The van der Waals surface area contributed by atoms with Crippen LogP contribution in [-0.2, 0) is 13.0 Å². The predicted molar refractivity (Wildman–Crippen MR) is 75.4 cm³/mol. The highest BCUT2D eigenvalue weighted by atomic mass is 14.9. The van der Waals surface area contributed by atoms with Gasteiger partial charge in [-0.2, -0.15) is 4.57 Å². The number of benzene rings is 1. The van der Waals surface area contributed by atoms with Gasteiger partial charge < -0.3 is 0 Å². The van der Waals surface area contributed by atoms with Crippen molar-refractivity contribution in [1.82, 2.24) is 0 Å². The fraction of sp³-hybridized carbons (Fsp3) is 0.353. The first-order valence-corrected chi connectivity index (χ1v) is 6.91. The third kappa shape index (κ3) is 3.69. The van der Waals surface area contributed by atoms with Crippen molar-refractivity contribution in [1.29, 1.82) is 0 Å². The molecular formula is C17H22N+. The minimum atomic E-state index is 0.975. The fourth-order valence-corrected chi connectivity index (χ4v) is 2.23. The molecule has 1 heteroatoms. The van der Waals surface area contributed by atoms with Gasteiger partial charge in [0.25, 0.3) is 0 Å². The molecular weight excluding hydrogens is 218 g/mol. The van der Waals surface area contributed by atoms with Crippen LogP contribution < -0.4 is 4.57 Å². The van der Waals surface area contributed by atoms with E-state index in [1.807, 2.05) is 0 Å². The number of unbranched alkanes of at least 4 members (excludes halogenated alkanes) is 2. The average Bonchev–Trinajstić information content (AvgIpc) is 2.42. The SMILES string of the molecule is CCCCCc1cccc[n+]1Cc1ccccc1. The maximum atomic E-state index is 2.37. The van der Waals surface area contributed by atoms with Crippen molar-refractivity contribution >= 4 is 0 Å². The van der Waals surface area contributed by atoms with E-state index >= 15 is 0 Å². The lowest BCUT2D eigenvalue weighted by atomic mass is 10.1. The summed E-state index contributed by atoms with van der Waals surface area (Å²) in [6, 6.07) is 17.2. The second kappa shape index (κ2) is 6.95. The number of pyridine rings is 1. The van der Waals surface area contributed by atoms with E-state index in [-0.39, 0.29) is 0 Å². The van der Waals surface area contributed by atoms with Gasteiger partial charge in [0.1, 0.15) is 0 Å². The van der Waals surface area contributed by atoms with E-state index in [2.05, 4.69) is 66.2 Å². The van der Waals surface area contributed by atoms with E-state index in [9.17, 15) is 0 Å². The van der Waals surface area contributed by atoms with Gasteiger partial charge in [0, 0.05) is 24.1 Å². The topological polar surface area (TPSA) is 3.88 Å². The maximum Gasteiger partial charge on any atom is 0.181 e. The normalized spacial score (nSPS) is 10.5. The fourth-order valence-electron chi connectivity index (χ4n) is 2.23. The Morgan fingerprint density at radius 2 is 1.67 bits per heavy atom. The van der Waals surface area contributed by atoms with Crippen LogP contribution in [0.2, 0.25) is 0 Å². The Labute approximate surface area is 110 Å². The standard InChI is InChI=1S/C17H22N/c1-2-3-5-12-17-13-8-9-14-18(17)15-16-10-6-4-7-11-16/h4,6-11,13-14H,2-3,5,12,15H2,1H3/q+1. The second-order valence-corrected chi connectivity index (χ2v) is 4.76. The largest absolute Gasteiger partial charge is 0.198 e. The van der Waals surface area contributed by atoms with Crippen LogP contribution in [-0.4, -0.2) is 0 Å². The zero-order valence-corrected chi connectivity index (χ0v) is 11.2. The van der Waals surface area contributed by atoms with Gasteiger partial charge in [-0.05, 0) is 6.42 Å². The molecule has 0 unspecified atom stereocenters. The van der Waals surface area contributed by atoms with Gasteiger partial charge in [0.05, 0.1) is 0 Å². The van der Waals surface area contributed by atoms with Gasteiger partial charge >= 0.3 is 0 Å². The monoisotopic (exact) mass is 240 g/mol. The Hall–Kier alpha value is -1.63. The lowest BCUT2D eigenvalue weighted by molar-refractivity contribution is -0.695. The second-order valence-electron chi connectivity index (χ2n) is 4.76. The van der Waals surface area contributed by atoms with E-state index in [1.165, 1.54) is 36.9 Å². The highest BCUT2D eigenvalue weighted by Gasteiger charge is 2.09. The zero-order valence-electron chi connectivity index (χ0n) is 11.2. The van der Waals surface area contributed by atoms with E-state index in [0.717, 1.165) is 6.54 Å². The van der Waals surface area contributed by atoms with Crippen LogP contribution in [0.15, 0.2) is 54.7 Å². The molecule has 1 aromatic heterocycles. The lowest BCUT2D eigenvalue weighted by Crippen LogP contribution is -2.38. The third-order valence-corrected chi connectivity index (χ3v) is 3.27. The molecule has 1 heterocycles. The van der Waals surface area contributed by atoms with Gasteiger partial charge in [-0.3, -0.25) is 0 Å². The summed E-state index contributed by atoms with van der Waals surface area (Å²) in [5.41, 5.74) is 2.81. The first-order valence-electron chi connectivity index (χ1n) is 6.91. The van der Waals surface area contributed by atoms with Crippen molar-refractivity contribution in [3.63, 3.8) is 0 Å². The van der Waals surface area contributed by atoms with Crippen molar-refractivity contribution in [3.05, 3.63) is 66.0 Å². The Bertz CT molecular complexity index is 462. The molecule has 0 N–H and O–H groups in total. The Balaban J connectivity index is 2.07. The van der Waals surface area contributed by atoms with Gasteiger partial charge in [0.15, 0.2) is 18.4 Å². The van der Waals surface area contributed by atoms with Crippen LogP contribution in [0.4, 0.5) is 0 Å². The summed E-state index contributed by atoms with van der Waals surface area (Å²) in [7, 11) is 0. The molecule has 0 bridgehead atoms. The maximum absolute atomic E-state index is 2.37.